The van der Waals surface area contributed by atoms with Crippen LogP contribution in [0.4, 0.5) is 13.6 Å². The molecule has 1 heterocycles. The molecule has 1 N–H and O–H groups in total. The zero-order valence-electron chi connectivity index (χ0n) is 15.7. The van der Waals surface area contributed by atoms with E-state index in [0.29, 0.717) is 5.02 Å². The third-order valence-electron chi connectivity index (χ3n) is 4.80. The van der Waals surface area contributed by atoms with Crippen LogP contribution in [0.1, 0.15) is 18.1 Å². The van der Waals surface area contributed by atoms with Crippen LogP contribution in [0.2, 0.25) is 5.02 Å². The first-order valence-electron chi connectivity index (χ1n) is 8.70. The van der Waals surface area contributed by atoms with E-state index in [1.165, 1.54) is 24.9 Å². The lowest BCUT2D eigenvalue weighted by molar-refractivity contribution is -0.138. The molecule has 3 rings (SSSR count). The van der Waals surface area contributed by atoms with Crippen LogP contribution in [0, 0.1) is 11.6 Å². The van der Waals surface area contributed by atoms with E-state index in [2.05, 4.69) is 5.32 Å². The number of nitrogens with one attached hydrogen (secondary N) is 1. The Labute approximate surface area is 171 Å². The second kappa shape index (κ2) is 7.79. The molecule has 1 unspecified atom stereocenters. The largest absolute Gasteiger partial charge is 0.340 e. The first kappa shape index (κ1) is 20.7. The second-order valence-electron chi connectivity index (χ2n) is 6.96. The molecule has 0 saturated carbocycles. The third kappa shape index (κ3) is 4.07. The molecular formula is C20H18ClF2N3O3. The van der Waals surface area contributed by atoms with Crippen molar-refractivity contribution in [2.75, 3.05) is 13.6 Å². The molecule has 9 heteroatoms. The summed E-state index contributed by atoms with van der Waals surface area (Å²) in [5, 5.41) is 2.98. The van der Waals surface area contributed by atoms with Crippen molar-refractivity contribution in [3.63, 3.8) is 0 Å². The lowest BCUT2D eigenvalue weighted by Crippen LogP contribution is -2.43. The molecule has 29 heavy (non-hydrogen) atoms. The van der Waals surface area contributed by atoms with Crippen molar-refractivity contribution in [1.82, 2.24) is 15.1 Å². The fraction of sp³-hybridized carbons (Fsp3) is 0.250. The van der Waals surface area contributed by atoms with Gasteiger partial charge in [0.25, 0.3) is 5.91 Å². The molecule has 0 radical (unpaired) electrons. The van der Waals surface area contributed by atoms with Gasteiger partial charge in [-0.2, -0.15) is 0 Å². The zero-order valence-corrected chi connectivity index (χ0v) is 16.5. The van der Waals surface area contributed by atoms with Gasteiger partial charge in [-0.1, -0.05) is 29.8 Å². The fourth-order valence-corrected chi connectivity index (χ4v) is 3.31. The maximum absolute atomic E-state index is 13.6. The number of halogens is 3. The van der Waals surface area contributed by atoms with Gasteiger partial charge in [0.15, 0.2) is 11.6 Å². The Morgan fingerprint density at radius 1 is 1.17 bits per heavy atom. The van der Waals surface area contributed by atoms with E-state index in [-0.39, 0.29) is 12.1 Å². The van der Waals surface area contributed by atoms with E-state index in [4.69, 9.17) is 11.6 Å². The van der Waals surface area contributed by atoms with Crippen LogP contribution in [-0.4, -0.2) is 41.2 Å². The number of amides is 4. The second-order valence-corrected chi connectivity index (χ2v) is 7.39. The Kier molecular flexibility index (Phi) is 5.57. The molecule has 0 aliphatic carbocycles. The molecule has 6 nitrogen and oxygen atoms in total. The number of imide groups is 1. The monoisotopic (exact) mass is 421 g/mol. The molecule has 2 aromatic rings. The van der Waals surface area contributed by atoms with Crippen LogP contribution in [0.15, 0.2) is 42.5 Å². The number of hydrogen-bond acceptors (Lipinski definition) is 3. The van der Waals surface area contributed by atoms with Crippen molar-refractivity contribution in [1.29, 1.82) is 0 Å². The molecule has 1 fully saturated rings. The van der Waals surface area contributed by atoms with Crippen LogP contribution < -0.4 is 5.32 Å². The number of rotatable bonds is 5. The SMILES string of the molecule is CN(Cc1cccc(Cl)c1)C(=O)CN1C(=O)NC(C)(c2ccc(F)c(F)c2)C1=O. The van der Waals surface area contributed by atoms with Gasteiger partial charge in [0.1, 0.15) is 12.1 Å². The van der Waals surface area contributed by atoms with Crippen LogP contribution in [0.3, 0.4) is 0 Å². The summed E-state index contributed by atoms with van der Waals surface area (Å²) >= 11 is 5.93. The lowest BCUT2D eigenvalue weighted by atomic mass is 9.92. The Morgan fingerprint density at radius 2 is 1.90 bits per heavy atom. The Bertz CT molecular complexity index is 1000. The summed E-state index contributed by atoms with van der Waals surface area (Å²) in [5.41, 5.74) is -0.730. The normalized spacial score (nSPS) is 18.7. The first-order chi connectivity index (χ1) is 13.6. The summed E-state index contributed by atoms with van der Waals surface area (Å²) in [6.45, 7) is 1.13. The number of carbonyl (C=O) groups excluding carboxylic acids is 3. The van der Waals surface area contributed by atoms with Gasteiger partial charge in [0.2, 0.25) is 5.91 Å². The summed E-state index contributed by atoms with van der Waals surface area (Å²) in [6, 6.07) is 9.12. The van der Waals surface area contributed by atoms with Crippen LogP contribution in [0.25, 0.3) is 0 Å². The molecule has 2 aromatic carbocycles. The van der Waals surface area contributed by atoms with Crippen LogP contribution >= 0.6 is 11.6 Å². The van der Waals surface area contributed by atoms with Gasteiger partial charge in [-0.25, -0.2) is 13.6 Å². The highest BCUT2D eigenvalue weighted by molar-refractivity contribution is 6.30. The quantitative estimate of drug-likeness (QED) is 0.754. The predicted octanol–water partition coefficient (Wildman–Crippen LogP) is 3.04. The number of benzene rings is 2. The summed E-state index contributed by atoms with van der Waals surface area (Å²) in [7, 11) is 1.54. The van der Waals surface area contributed by atoms with Gasteiger partial charge in [-0.3, -0.25) is 14.5 Å². The summed E-state index contributed by atoms with van der Waals surface area (Å²) < 4.78 is 26.8. The average molecular weight is 422 g/mol. The van der Waals surface area contributed by atoms with Crippen molar-refractivity contribution in [2.45, 2.75) is 19.0 Å². The molecular weight excluding hydrogens is 404 g/mol. The minimum Gasteiger partial charge on any atom is -0.340 e. The summed E-state index contributed by atoms with van der Waals surface area (Å²) in [5.74, 6) is -3.40. The van der Waals surface area contributed by atoms with Crippen molar-refractivity contribution in [3.05, 3.63) is 70.2 Å². The van der Waals surface area contributed by atoms with E-state index in [0.717, 1.165) is 22.6 Å². The topological polar surface area (TPSA) is 69.7 Å². The Balaban J connectivity index is 1.74. The Morgan fingerprint density at radius 3 is 2.55 bits per heavy atom. The number of likely N-dealkylation sites (N-methyl/N-ethyl adjacent to an activating group) is 1. The minimum absolute atomic E-state index is 0.0805. The van der Waals surface area contributed by atoms with Crippen molar-refractivity contribution < 1.29 is 23.2 Å². The van der Waals surface area contributed by atoms with Gasteiger partial charge in [0, 0.05) is 18.6 Å². The summed E-state index contributed by atoms with van der Waals surface area (Å²) in [6.07, 6.45) is 0. The number of carbonyl (C=O) groups is 3. The molecule has 1 aliphatic rings. The van der Waals surface area contributed by atoms with Gasteiger partial charge in [0.05, 0.1) is 0 Å². The van der Waals surface area contributed by atoms with Gasteiger partial charge in [-0.15, -0.1) is 0 Å². The molecule has 1 aliphatic heterocycles. The van der Waals surface area contributed by atoms with E-state index in [9.17, 15) is 23.2 Å². The van der Waals surface area contributed by atoms with Gasteiger partial charge < -0.3 is 10.2 Å². The maximum Gasteiger partial charge on any atom is 0.325 e. The van der Waals surface area contributed by atoms with E-state index >= 15 is 0 Å². The summed E-state index contributed by atoms with van der Waals surface area (Å²) in [4.78, 5) is 39.8. The standard InChI is InChI=1S/C20H18ClF2N3O3/c1-20(13-6-7-15(22)16(23)9-13)18(28)26(19(29)24-20)11-17(27)25(2)10-12-4-3-5-14(21)8-12/h3-9H,10-11H2,1-2H3,(H,24,29). The van der Waals surface area contributed by atoms with Crippen molar-refractivity contribution in [3.8, 4) is 0 Å². The highest BCUT2D eigenvalue weighted by atomic mass is 35.5. The average Bonchev–Trinajstić information content (AvgIpc) is 2.88. The maximum atomic E-state index is 13.6. The number of nitrogens with zero attached hydrogens (tertiary/aromatic N) is 2. The van der Waals surface area contributed by atoms with E-state index in [1.54, 1.807) is 24.3 Å². The van der Waals surface area contributed by atoms with E-state index in [1.807, 2.05) is 0 Å². The third-order valence-corrected chi connectivity index (χ3v) is 5.03. The molecule has 0 spiro atoms. The molecule has 152 valence electrons. The highest BCUT2D eigenvalue weighted by Crippen LogP contribution is 2.29. The van der Waals surface area contributed by atoms with Gasteiger partial charge >= 0.3 is 6.03 Å². The molecule has 0 aromatic heterocycles. The molecule has 0 bridgehead atoms. The zero-order chi connectivity index (χ0) is 21.3. The Hall–Kier alpha value is -3.00. The van der Waals surface area contributed by atoms with E-state index < -0.39 is 41.6 Å². The molecule has 4 amide bonds. The predicted molar refractivity (Wildman–Crippen MR) is 102 cm³/mol. The lowest BCUT2D eigenvalue weighted by Gasteiger charge is -2.23. The molecule has 1 saturated heterocycles. The van der Waals surface area contributed by atoms with Crippen molar-refractivity contribution >= 4 is 29.4 Å². The first-order valence-corrected chi connectivity index (χ1v) is 9.07. The molecule has 1 atom stereocenters. The van der Waals surface area contributed by atoms with Crippen LogP contribution in [-0.2, 0) is 21.7 Å². The smallest absolute Gasteiger partial charge is 0.325 e. The fourth-order valence-electron chi connectivity index (χ4n) is 3.10. The number of hydrogen-bond donors (Lipinski definition) is 1. The minimum atomic E-state index is -1.60. The van der Waals surface area contributed by atoms with Crippen LogP contribution in [0.5, 0.6) is 0 Å². The number of urea groups is 1. The highest BCUT2D eigenvalue weighted by Gasteiger charge is 2.49. The van der Waals surface area contributed by atoms with Crippen molar-refractivity contribution in [2.24, 2.45) is 0 Å². The van der Waals surface area contributed by atoms with Gasteiger partial charge in [-0.05, 0) is 42.3 Å².